The molecule has 3 nitrogen and oxygen atoms in total. The fourth-order valence-electron chi connectivity index (χ4n) is 1.62. The van der Waals surface area contributed by atoms with Crippen LogP contribution in [0.2, 0.25) is 0 Å². The Morgan fingerprint density at radius 2 is 2.60 bits per heavy atom. The van der Waals surface area contributed by atoms with E-state index in [1.807, 2.05) is 0 Å². The van der Waals surface area contributed by atoms with Gasteiger partial charge in [0, 0.05) is 11.9 Å². The van der Waals surface area contributed by atoms with Crippen LogP contribution in [0.5, 0.6) is 0 Å². The maximum atomic E-state index is 5.44. The van der Waals surface area contributed by atoms with Crippen molar-refractivity contribution in [3.63, 3.8) is 0 Å². The molecule has 1 aromatic rings. The molecule has 1 saturated heterocycles. The molecular formula is C11H18N2OS. The Morgan fingerprint density at radius 3 is 3.27 bits per heavy atom. The van der Waals surface area contributed by atoms with Crippen LogP contribution in [0.15, 0.2) is 5.38 Å². The van der Waals surface area contributed by atoms with E-state index in [0.717, 1.165) is 26.2 Å². The van der Waals surface area contributed by atoms with Crippen LogP contribution in [0.1, 0.15) is 42.9 Å². The molecule has 2 atom stereocenters. The van der Waals surface area contributed by atoms with Gasteiger partial charge in [-0.3, -0.25) is 0 Å². The molecule has 0 amide bonds. The lowest BCUT2D eigenvalue weighted by Gasteiger charge is -2.21. The number of thiazole rings is 1. The molecule has 0 aromatic carbocycles. The van der Waals surface area contributed by atoms with Gasteiger partial charge in [0.15, 0.2) is 0 Å². The van der Waals surface area contributed by atoms with Crippen molar-refractivity contribution in [1.29, 1.82) is 0 Å². The normalized spacial score (nSPS) is 24.0. The average Bonchev–Trinajstić information content (AvgIpc) is 2.78. The van der Waals surface area contributed by atoms with E-state index in [1.165, 1.54) is 10.7 Å². The Morgan fingerprint density at radius 1 is 1.73 bits per heavy atom. The quantitative estimate of drug-likeness (QED) is 0.859. The van der Waals surface area contributed by atoms with Crippen LogP contribution in [0.4, 0.5) is 0 Å². The third kappa shape index (κ3) is 2.56. The summed E-state index contributed by atoms with van der Waals surface area (Å²) in [7, 11) is 0. The van der Waals surface area contributed by atoms with Gasteiger partial charge in [-0.1, -0.05) is 13.8 Å². The molecule has 0 radical (unpaired) electrons. The summed E-state index contributed by atoms with van der Waals surface area (Å²) in [6.45, 7) is 6.94. The molecule has 0 bridgehead atoms. The van der Waals surface area contributed by atoms with Gasteiger partial charge in [0.05, 0.1) is 24.9 Å². The first-order valence-corrected chi connectivity index (χ1v) is 6.45. The molecule has 1 aromatic heterocycles. The number of aromatic nitrogens is 1. The number of nitrogens with zero attached hydrogens (tertiary/aromatic N) is 1. The van der Waals surface area contributed by atoms with E-state index in [9.17, 15) is 0 Å². The summed E-state index contributed by atoms with van der Waals surface area (Å²) in [4.78, 5) is 4.68. The van der Waals surface area contributed by atoms with Gasteiger partial charge in [0.1, 0.15) is 5.01 Å². The number of hydrogen-bond acceptors (Lipinski definition) is 4. The van der Waals surface area contributed by atoms with Crippen LogP contribution in [-0.4, -0.2) is 24.7 Å². The van der Waals surface area contributed by atoms with E-state index in [2.05, 4.69) is 29.5 Å². The minimum absolute atomic E-state index is 0.307. The lowest BCUT2D eigenvalue weighted by Crippen LogP contribution is -2.34. The second-order valence-electron chi connectivity index (χ2n) is 4.00. The minimum Gasteiger partial charge on any atom is -0.378 e. The third-order valence-electron chi connectivity index (χ3n) is 2.88. The minimum atomic E-state index is 0.307. The Balaban J connectivity index is 2.05. The molecule has 0 saturated carbocycles. The van der Waals surface area contributed by atoms with Crippen LogP contribution in [0, 0.1) is 0 Å². The van der Waals surface area contributed by atoms with Gasteiger partial charge in [0.25, 0.3) is 0 Å². The van der Waals surface area contributed by atoms with Gasteiger partial charge in [-0.15, -0.1) is 11.3 Å². The number of hydrogen-bond donors (Lipinski definition) is 1. The highest BCUT2D eigenvalue weighted by Crippen LogP contribution is 2.25. The molecule has 1 aliphatic rings. The monoisotopic (exact) mass is 226 g/mol. The zero-order chi connectivity index (χ0) is 10.7. The second kappa shape index (κ2) is 5.05. The SMILES string of the molecule is CCC(C)c1csc(C2COCCN2)n1. The van der Waals surface area contributed by atoms with E-state index < -0.39 is 0 Å². The highest BCUT2D eigenvalue weighted by molar-refractivity contribution is 7.09. The first-order valence-electron chi connectivity index (χ1n) is 5.57. The molecule has 84 valence electrons. The molecule has 2 unspecified atom stereocenters. The first kappa shape index (κ1) is 11.0. The summed E-state index contributed by atoms with van der Waals surface area (Å²) >= 11 is 1.75. The average molecular weight is 226 g/mol. The van der Waals surface area contributed by atoms with Crippen LogP contribution >= 0.6 is 11.3 Å². The van der Waals surface area contributed by atoms with Crippen LogP contribution in [-0.2, 0) is 4.74 Å². The molecular weight excluding hydrogens is 208 g/mol. The van der Waals surface area contributed by atoms with Gasteiger partial charge in [0.2, 0.25) is 0 Å². The molecule has 4 heteroatoms. The van der Waals surface area contributed by atoms with Crippen LogP contribution < -0.4 is 5.32 Å². The van der Waals surface area contributed by atoms with E-state index in [-0.39, 0.29) is 0 Å². The van der Waals surface area contributed by atoms with Gasteiger partial charge >= 0.3 is 0 Å². The standard InChI is InChI=1S/C11H18N2OS/c1-3-8(2)10-7-15-11(13-10)9-6-14-5-4-12-9/h7-9,12H,3-6H2,1-2H3. The summed E-state index contributed by atoms with van der Waals surface area (Å²) in [6.07, 6.45) is 1.15. The fourth-order valence-corrected chi connectivity index (χ4v) is 2.62. The summed E-state index contributed by atoms with van der Waals surface area (Å²) in [5, 5.41) is 6.78. The summed E-state index contributed by atoms with van der Waals surface area (Å²) < 4.78 is 5.44. The fraction of sp³-hybridized carbons (Fsp3) is 0.727. The smallest absolute Gasteiger partial charge is 0.112 e. The molecule has 2 rings (SSSR count). The Labute approximate surface area is 94.9 Å². The highest BCUT2D eigenvalue weighted by Gasteiger charge is 2.19. The van der Waals surface area contributed by atoms with Gasteiger partial charge in [-0.2, -0.15) is 0 Å². The maximum Gasteiger partial charge on any atom is 0.112 e. The number of nitrogens with one attached hydrogen (secondary N) is 1. The third-order valence-corrected chi connectivity index (χ3v) is 3.85. The van der Waals surface area contributed by atoms with Crippen molar-refractivity contribution in [2.45, 2.75) is 32.2 Å². The Bertz CT molecular complexity index is 307. The van der Waals surface area contributed by atoms with E-state index >= 15 is 0 Å². The van der Waals surface area contributed by atoms with E-state index in [0.29, 0.717) is 12.0 Å². The predicted molar refractivity (Wildman–Crippen MR) is 62.4 cm³/mol. The zero-order valence-corrected chi connectivity index (χ0v) is 10.1. The van der Waals surface area contributed by atoms with Crippen molar-refractivity contribution in [3.05, 3.63) is 16.1 Å². The summed E-state index contributed by atoms with van der Waals surface area (Å²) in [6, 6.07) is 0.307. The van der Waals surface area contributed by atoms with Crippen molar-refractivity contribution in [1.82, 2.24) is 10.3 Å². The van der Waals surface area contributed by atoms with Crippen molar-refractivity contribution < 1.29 is 4.74 Å². The highest BCUT2D eigenvalue weighted by atomic mass is 32.1. The van der Waals surface area contributed by atoms with Crippen molar-refractivity contribution in [2.24, 2.45) is 0 Å². The number of rotatable bonds is 3. The van der Waals surface area contributed by atoms with Gasteiger partial charge < -0.3 is 10.1 Å². The second-order valence-corrected chi connectivity index (χ2v) is 4.89. The van der Waals surface area contributed by atoms with E-state index in [4.69, 9.17) is 4.74 Å². The lowest BCUT2D eigenvalue weighted by atomic mass is 10.1. The largest absolute Gasteiger partial charge is 0.378 e. The molecule has 2 heterocycles. The Hall–Kier alpha value is -0.450. The van der Waals surface area contributed by atoms with Crippen LogP contribution in [0.3, 0.4) is 0 Å². The maximum absolute atomic E-state index is 5.44. The van der Waals surface area contributed by atoms with Crippen LogP contribution in [0.25, 0.3) is 0 Å². The van der Waals surface area contributed by atoms with Crippen molar-refractivity contribution >= 4 is 11.3 Å². The molecule has 0 aliphatic carbocycles. The topological polar surface area (TPSA) is 34.1 Å². The zero-order valence-electron chi connectivity index (χ0n) is 9.32. The number of morpholine rings is 1. The van der Waals surface area contributed by atoms with Crippen molar-refractivity contribution in [2.75, 3.05) is 19.8 Å². The Kier molecular flexibility index (Phi) is 3.72. The molecule has 15 heavy (non-hydrogen) atoms. The summed E-state index contributed by atoms with van der Waals surface area (Å²) in [5.41, 5.74) is 1.23. The predicted octanol–water partition coefficient (Wildman–Crippen LogP) is 2.32. The molecule has 1 fully saturated rings. The van der Waals surface area contributed by atoms with Gasteiger partial charge in [-0.05, 0) is 12.3 Å². The lowest BCUT2D eigenvalue weighted by molar-refractivity contribution is 0.0767. The first-order chi connectivity index (χ1) is 7.31. The van der Waals surface area contributed by atoms with E-state index in [1.54, 1.807) is 11.3 Å². The number of ether oxygens (including phenoxy) is 1. The van der Waals surface area contributed by atoms with Crippen molar-refractivity contribution in [3.8, 4) is 0 Å². The molecule has 1 aliphatic heterocycles. The van der Waals surface area contributed by atoms with Gasteiger partial charge in [-0.25, -0.2) is 4.98 Å². The molecule has 1 N–H and O–H groups in total. The molecule has 0 spiro atoms. The summed E-state index contributed by atoms with van der Waals surface area (Å²) in [5.74, 6) is 0.569.